The first kappa shape index (κ1) is 14.5. The van der Waals surface area contributed by atoms with Crippen LogP contribution in [0, 0.1) is 5.92 Å². The lowest BCUT2D eigenvalue weighted by molar-refractivity contribution is -0.741. The van der Waals surface area contributed by atoms with E-state index in [4.69, 9.17) is 0 Å². The van der Waals surface area contributed by atoms with E-state index in [1.807, 2.05) is 0 Å². The minimum atomic E-state index is 0. The van der Waals surface area contributed by atoms with Crippen molar-refractivity contribution in [3.05, 3.63) is 35.9 Å². The standard InChI is InChI=1S/C13H21N.ClH/c1-11(2)13(3,4)14-10-12-8-6-5-7-9-12;/h5-9,11,14H,10H2,1-4H3;1H. The Morgan fingerprint density at radius 1 is 1.13 bits per heavy atom. The normalized spacial score (nSPS) is 11.3. The number of quaternary nitrogens is 1. The van der Waals surface area contributed by atoms with Crippen molar-refractivity contribution in [2.75, 3.05) is 0 Å². The van der Waals surface area contributed by atoms with Crippen LogP contribution < -0.4 is 17.7 Å². The zero-order valence-corrected chi connectivity index (χ0v) is 10.9. The minimum Gasteiger partial charge on any atom is -1.00 e. The molecule has 0 heterocycles. The molecule has 1 aromatic rings. The molecule has 0 aromatic heterocycles. The molecule has 1 rings (SSSR count). The fraction of sp³-hybridized carbons (Fsp3) is 0.538. The minimum absolute atomic E-state index is 0. The molecule has 0 fully saturated rings. The van der Waals surface area contributed by atoms with Crippen LogP contribution in [-0.4, -0.2) is 5.54 Å². The fourth-order valence-corrected chi connectivity index (χ4v) is 1.23. The van der Waals surface area contributed by atoms with Crippen molar-refractivity contribution in [2.24, 2.45) is 5.92 Å². The summed E-state index contributed by atoms with van der Waals surface area (Å²) in [6, 6.07) is 10.6. The molecular weight excluding hydrogens is 206 g/mol. The second kappa shape index (κ2) is 6.14. The van der Waals surface area contributed by atoms with Crippen LogP contribution in [0.25, 0.3) is 0 Å². The van der Waals surface area contributed by atoms with E-state index in [1.54, 1.807) is 0 Å². The van der Waals surface area contributed by atoms with Gasteiger partial charge >= 0.3 is 0 Å². The molecule has 86 valence electrons. The maximum atomic E-state index is 2.42. The van der Waals surface area contributed by atoms with Crippen LogP contribution >= 0.6 is 0 Å². The highest BCUT2D eigenvalue weighted by molar-refractivity contribution is 5.13. The van der Waals surface area contributed by atoms with Crippen molar-refractivity contribution in [3.63, 3.8) is 0 Å². The first-order valence-electron chi connectivity index (χ1n) is 5.40. The van der Waals surface area contributed by atoms with Gasteiger partial charge in [-0.3, -0.25) is 0 Å². The fourth-order valence-electron chi connectivity index (χ4n) is 1.23. The Balaban J connectivity index is 0.00000196. The second-order valence-corrected chi connectivity index (χ2v) is 4.87. The van der Waals surface area contributed by atoms with E-state index in [0.29, 0.717) is 11.5 Å². The number of rotatable bonds is 4. The van der Waals surface area contributed by atoms with Crippen molar-refractivity contribution in [3.8, 4) is 0 Å². The van der Waals surface area contributed by atoms with Gasteiger partial charge in [-0.25, -0.2) is 0 Å². The van der Waals surface area contributed by atoms with E-state index in [2.05, 4.69) is 63.3 Å². The molecule has 0 aliphatic heterocycles. The lowest BCUT2D eigenvalue weighted by Gasteiger charge is -2.27. The topological polar surface area (TPSA) is 16.6 Å². The maximum Gasteiger partial charge on any atom is 0.102 e. The number of benzene rings is 1. The molecule has 0 atom stereocenters. The third kappa shape index (κ3) is 4.67. The summed E-state index contributed by atoms with van der Waals surface area (Å²) in [5, 5.41) is 2.42. The summed E-state index contributed by atoms with van der Waals surface area (Å²) in [6.07, 6.45) is 0. The first-order chi connectivity index (χ1) is 6.52. The molecule has 0 spiro atoms. The monoisotopic (exact) mass is 227 g/mol. The lowest BCUT2D eigenvalue weighted by Crippen LogP contribution is -3.00. The number of nitrogens with two attached hydrogens (primary N) is 1. The zero-order valence-electron chi connectivity index (χ0n) is 10.1. The van der Waals surface area contributed by atoms with E-state index in [0.717, 1.165) is 6.54 Å². The van der Waals surface area contributed by atoms with Gasteiger partial charge in [-0.05, 0) is 13.8 Å². The Hall–Kier alpha value is -0.530. The molecule has 0 aliphatic carbocycles. The van der Waals surface area contributed by atoms with Gasteiger partial charge in [0.15, 0.2) is 0 Å². The molecular formula is C13H22ClN. The van der Waals surface area contributed by atoms with Gasteiger partial charge < -0.3 is 17.7 Å². The van der Waals surface area contributed by atoms with Gasteiger partial charge in [0.25, 0.3) is 0 Å². The van der Waals surface area contributed by atoms with E-state index < -0.39 is 0 Å². The highest BCUT2D eigenvalue weighted by atomic mass is 35.5. The van der Waals surface area contributed by atoms with E-state index in [1.165, 1.54) is 5.56 Å². The average molecular weight is 228 g/mol. The molecule has 0 saturated carbocycles. The molecule has 0 saturated heterocycles. The predicted octanol–water partition coefficient (Wildman–Crippen LogP) is -0.811. The lowest BCUT2D eigenvalue weighted by atomic mass is 9.90. The summed E-state index contributed by atoms with van der Waals surface area (Å²) in [5.74, 6) is 0.700. The molecule has 15 heavy (non-hydrogen) atoms. The smallest absolute Gasteiger partial charge is 0.102 e. The summed E-state index contributed by atoms with van der Waals surface area (Å²) in [7, 11) is 0. The molecule has 1 nitrogen and oxygen atoms in total. The van der Waals surface area contributed by atoms with Gasteiger partial charge in [0.1, 0.15) is 6.54 Å². The summed E-state index contributed by atoms with van der Waals surface area (Å²) in [5.41, 5.74) is 1.73. The Bertz CT molecular complexity index is 267. The van der Waals surface area contributed by atoms with Gasteiger partial charge in [0.2, 0.25) is 0 Å². The zero-order chi connectivity index (χ0) is 10.6. The van der Waals surface area contributed by atoms with E-state index in [9.17, 15) is 0 Å². The van der Waals surface area contributed by atoms with Crippen LogP contribution in [0.2, 0.25) is 0 Å². The Morgan fingerprint density at radius 2 is 1.67 bits per heavy atom. The highest BCUT2D eigenvalue weighted by Gasteiger charge is 2.25. The molecule has 0 amide bonds. The average Bonchev–Trinajstić information content (AvgIpc) is 2.16. The van der Waals surface area contributed by atoms with Crippen LogP contribution in [0.5, 0.6) is 0 Å². The van der Waals surface area contributed by atoms with E-state index in [-0.39, 0.29) is 12.4 Å². The summed E-state index contributed by atoms with van der Waals surface area (Å²) in [6.45, 7) is 10.2. The quantitative estimate of drug-likeness (QED) is 0.693. The molecule has 0 radical (unpaired) electrons. The van der Waals surface area contributed by atoms with Crippen molar-refractivity contribution in [1.29, 1.82) is 0 Å². The molecule has 1 aromatic carbocycles. The van der Waals surface area contributed by atoms with Crippen molar-refractivity contribution in [2.45, 2.75) is 39.8 Å². The maximum absolute atomic E-state index is 2.42. The first-order valence-corrected chi connectivity index (χ1v) is 5.40. The van der Waals surface area contributed by atoms with Crippen LogP contribution in [0.4, 0.5) is 0 Å². The summed E-state index contributed by atoms with van der Waals surface area (Å²) >= 11 is 0. The molecule has 0 aliphatic rings. The number of hydrogen-bond donors (Lipinski definition) is 1. The van der Waals surface area contributed by atoms with Crippen molar-refractivity contribution >= 4 is 0 Å². The molecule has 0 bridgehead atoms. The number of hydrogen-bond acceptors (Lipinski definition) is 0. The Kier molecular flexibility index (Phi) is 5.92. The summed E-state index contributed by atoms with van der Waals surface area (Å²) < 4.78 is 0. The Morgan fingerprint density at radius 3 is 2.13 bits per heavy atom. The van der Waals surface area contributed by atoms with Crippen molar-refractivity contribution in [1.82, 2.24) is 0 Å². The van der Waals surface area contributed by atoms with Crippen LogP contribution in [0.1, 0.15) is 33.3 Å². The molecule has 2 heteroatoms. The van der Waals surface area contributed by atoms with Crippen LogP contribution in [0.3, 0.4) is 0 Å². The second-order valence-electron chi connectivity index (χ2n) is 4.87. The molecule has 2 N–H and O–H groups in total. The predicted molar refractivity (Wildman–Crippen MR) is 61.0 cm³/mol. The van der Waals surface area contributed by atoms with Gasteiger partial charge in [0.05, 0.1) is 5.54 Å². The van der Waals surface area contributed by atoms with Gasteiger partial charge in [-0.15, -0.1) is 0 Å². The number of halogens is 1. The van der Waals surface area contributed by atoms with Gasteiger partial charge in [-0.2, -0.15) is 0 Å². The van der Waals surface area contributed by atoms with Gasteiger partial charge in [0, 0.05) is 11.5 Å². The Labute approximate surface area is 99.7 Å². The molecule has 0 unspecified atom stereocenters. The third-order valence-corrected chi connectivity index (χ3v) is 3.19. The SMILES string of the molecule is CC(C)C(C)(C)[NH2+]Cc1ccccc1.[Cl-]. The summed E-state index contributed by atoms with van der Waals surface area (Å²) in [4.78, 5) is 0. The highest BCUT2D eigenvalue weighted by Crippen LogP contribution is 2.09. The third-order valence-electron chi connectivity index (χ3n) is 3.19. The van der Waals surface area contributed by atoms with Crippen LogP contribution in [-0.2, 0) is 6.54 Å². The van der Waals surface area contributed by atoms with Gasteiger partial charge in [-0.1, -0.05) is 44.2 Å². The van der Waals surface area contributed by atoms with Crippen molar-refractivity contribution < 1.29 is 17.7 Å². The largest absolute Gasteiger partial charge is 1.00 e. The van der Waals surface area contributed by atoms with E-state index >= 15 is 0 Å². The van der Waals surface area contributed by atoms with Crippen LogP contribution in [0.15, 0.2) is 30.3 Å².